The molecule has 1 aliphatic carbocycles. The molecule has 1 saturated carbocycles. The zero-order chi connectivity index (χ0) is 28.3. The minimum absolute atomic E-state index is 0.00406. The number of H-pyrrole nitrogens is 1. The van der Waals surface area contributed by atoms with Crippen molar-refractivity contribution >= 4 is 37.2 Å². The van der Waals surface area contributed by atoms with Gasteiger partial charge in [0.1, 0.15) is 18.3 Å². The standard InChI is InChI=1S/C25H41N2O7PS2Si/c1-15(2)16-9-11-25(6)18(13-16)33-35(36,37-25)31-14-17-21(34-38(7,8)24(3,4)5)20(29)22(32-17)27-12-10-19(28)26-23(27)30/h10,12,16-18,20-22,29H,1,9,11,13-14H2,2-8H3,(H,26,28,30)/t16-,17+,18+,20+,21?,22+,25+,35+/m0/s1. The summed E-state index contributed by atoms with van der Waals surface area (Å²) in [7, 11) is -2.34. The van der Waals surface area contributed by atoms with Crippen LogP contribution in [0, 0.1) is 5.92 Å². The van der Waals surface area contributed by atoms with Crippen molar-refractivity contribution in [1.82, 2.24) is 9.55 Å². The second-order valence-corrected chi connectivity index (χ2v) is 23.8. The van der Waals surface area contributed by atoms with Gasteiger partial charge in [0.2, 0.25) is 5.69 Å². The van der Waals surface area contributed by atoms with Gasteiger partial charge in [-0.2, -0.15) is 0 Å². The zero-order valence-corrected chi connectivity index (χ0v) is 26.8. The summed E-state index contributed by atoms with van der Waals surface area (Å²) in [5.41, 5.74) is -2.71. The van der Waals surface area contributed by atoms with E-state index >= 15 is 0 Å². The topological polar surface area (TPSA) is 112 Å². The Labute approximate surface area is 234 Å². The highest BCUT2D eigenvalue weighted by Crippen LogP contribution is 2.75. The van der Waals surface area contributed by atoms with Gasteiger partial charge in [0.05, 0.1) is 12.7 Å². The number of nitrogens with zero attached hydrogens (tertiary/aromatic N) is 1. The van der Waals surface area contributed by atoms with Crippen LogP contribution in [-0.2, 0) is 30.0 Å². The predicted octanol–water partition coefficient (Wildman–Crippen LogP) is 4.69. The van der Waals surface area contributed by atoms with E-state index in [-0.39, 0.29) is 22.5 Å². The normalized spacial score (nSPS) is 37.8. The predicted molar refractivity (Wildman–Crippen MR) is 157 cm³/mol. The number of aliphatic hydroxyl groups excluding tert-OH is 1. The number of hydrogen-bond acceptors (Lipinski definition) is 9. The summed E-state index contributed by atoms with van der Waals surface area (Å²) >= 11 is 7.57. The third-order valence-electron chi connectivity index (χ3n) is 8.51. The molecule has 3 heterocycles. The molecule has 0 spiro atoms. The van der Waals surface area contributed by atoms with Gasteiger partial charge in [0.25, 0.3) is 5.56 Å². The number of aromatic amines is 1. The van der Waals surface area contributed by atoms with E-state index in [1.54, 1.807) is 11.4 Å². The van der Waals surface area contributed by atoms with E-state index in [2.05, 4.69) is 59.3 Å². The Morgan fingerprint density at radius 3 is 2.71 bits per heavy atom. The van der Waals surface area contributed by atoms with E-state index < -0.39 is 49.8 Å². The molecule has 0 radical (unpaired) electrons. The van der Waals surface area contributed by atoms with Gasteiger partial charge in [-0.3, -0.25) is 14.3 Å². The SMILES string of the molecule is C=C(C)[C@H]1CC[C@@]2(C)S[P@](=S)(OC[C@H]3O[C@@H](n4ccc(=O)[nH]c4=O)[C@H](O)C3O[Si](C)(C)C(C)(C)C)O[C@@H]2C1. The Morgan fingerprint density at radius 2 is 2.11 bits per heavy atom. The Hall–Kier alpha value is -0.563. The smallest absolute Gasteiger partial charge is 0.330 e. The lowest BCUT2D eigenvalue weighted by Crippen LogP contribution is -2.50. The molecule has 38 heavy (non-hydrogen) atoms. The number of nitrogens with one attached hydrogen (secondary N) is 1. The maximum Gasteiger partial charge on any atom is 0.330 e. The van der Waals surface area contributed by atoms with Crippen LogP contribution in [0.1, 0.15) is 60.1 Å². The number of aromatic nitrogens is 2. The van der Waals surface area contributed by atoms with Crippen LogP contribution >= 0.6 is 17.1 Å². The van der Waals surface area contributed by atoms with Crippen LogP contribution in [-0.4, -0.2) is 58.7 Å². The molecule has 1 unspecified atom stereocenters. The van der Waals surface area contributed by atoms with Gasteiger partial charge in [-0.25, -0.2) is 4.79 Å². The van der Waals surface area contributed by atoms with E-state index in [0.717, 1.165) is 19.3 Å². The van der Waals surface area contributed by atoms with Gasteiger partial charge < -0.3 is 23.3 Å². The Bertz CT molecular complexity index is 1230. The number of rotatable bonds is 7. The van der Waals surface area contributed by atoms with Crippen LogP contribution < -0.4 is 11.2 Å². The van der Waals surface area contributed by atoms with Crippen molar-refractivity contribution in [2.45, 2.75) is 107 Å². The fourth-order valence-corrected chi connectivity index (χ4v) is 13.4. The molecular formula is C25H41N2O7PS2Si. The molecule has 3 aliphatic rings. The first-order chi connectivity index (χ1) is 17.4. The van der Waals surface area contributed by atoms with Crippen LogP contribution in [0.5, 0.6) is 0 Å². The Kier molecular flexibility index (Phi) is 8.55. The lowest BCUT2D eigenvalue weighted by molar-refractivity contribution is -0.0517. The highest BCUT2D eigenvalue weighted by molar-refractivity contribution is 8.68. The van der Waals surface area contributed by atoms with Crippen molar-refractivity contribution < 1.29 is 23.3 Å². The largest absolute Gasteiger partial charge is 0.408 e. The molecule has 0 bridgehead atoms. The van der Waals surface area contributed by atoms with E-state index in [4.69, 9.17) is 30.0 Å². The quantitative estimate of drug-likeness (QED) is 0.260. The van der Waals surface area contributed by atoms with E-state index in [9.17, 15) is 14.7 Å². The molecule has 0 amide bonds. The number of ether oxygens (including phenoxy) is 1. The Morgan fingerprint density at radius 1 is 1.42 bits per heavy atom. The summed E-state index contributed by atoms with van der Waals surface area (Å²) in [6, 6.07) is 1.22. The van der Waals surface area contributed by atoms with E-state index in [1.165, 1.54) is 22.4 Å². The second kappa shape index (κ2) is 10.7. The van der Waals surface area contributed by atoms with E-state index in [1.807, 2.05) is 0 Å². The fourth-order valence-electron chi connectivity index (χ4n) is 4.98. The molecule has 13 heteroatoms. The van der Waals surface area contributed by atoms with Crippen molar-refractivity contribution in [2.24, 2.45) is 5.92 Å². The van der Waals surface area contributed by atoms with Crippen LogP contribution in [0.3, 0.4) is 0 Å². The molecule has 3 fully saturated rings. The molecule has 2 saturated heterocycles. The Balaban J connectivity index is 1.55. The third kappa shape index (κ3) is 6.04. The molecule has 1 aromatic heterocycles. The average Bonchev–Trinajstić information content (AvgIpc) is 3.23. The summed E-state index contributed by atoms with van der Waals surface area (Å²) in [5.74, 6) is 0.419. The third-order valence-corrected chi connectivity index (χ3v) is 18.8. The minimum Gasteiger partial charge on any atom is -0.408 e. The zero-order valence-electron chi connectivity index (χ0n) is 23.3. The lowest BCUT2D eigenvalue weighted by atomic mass is 9.77. The van der Waals surface area contributed by atoms with Gasteiger partial charge in [-0.1, -0.05) is 44.3 Å². The summed E-state index contributed by atoms with van der Waals surface area (Å²) in [4.78, 5) is 26.3. The molecule has 214 valence electrons. The van der Waals surface area contributed by atoms with Crippen molar-refractivity contribution in [1.29, 1.82) is 0 Å². The molecule has 4 rings (SSSR count). The second-order valence-electron chi connectivity index (χ2n) is 12.5. The van der Waals surface area contributed by atoms with Gasteiger partial charge in [-0.15, -0.1) is 0 Å². The summed E-state index contributed by atoms with van der Waals surface area (Å²) in [6.45, 7) is 19.0. The first-order valence-electron chi connectivity index (χ1n) is 13.1. The van der Waals surface area contributed by atoms with Crippen LogP contribution in [0.25, 0.3) is 0 Å². The van der Waals surface area contributed by atoms with Crippen molar-refractivity contribution in [3.05, 3.63) is 45.3 Å². The molecular weight excluding hydrogens is 563 g/mol. The van der Waals surface area contributed by atoms with Gasteiger partial charge in [0.15, 0.2) is 14.5 Å². The molecule has 8 atom stereocenters. The highest BCUT2D eigenvalue weighted by Gasteiger charge is 2.55. The van der Waals surface area contributed by atoms with Gasteiger partial charge >= 0.3 is 5.69 Å². The first kappa shape index (κ1) is 30.4. The molecule has 1 aromatic rings. The van der Waals surface area contributed by atoms with Crippen LogP contribution in [0.2, 0.25) is 18.1 Å². The number of hydrogen-bond donors (Lipinski definition) is 2. The lowest BCUT2D eigenvalue weighted by Gasteiger charge is -2.40. The minimum atomic E-state index is -2.69. The summed E-state index contributed by atoms with van der Waals surface area (Å²) in [5, 5.41) is 11.2. The van der Waals surface area contributed by atoms with Gasteiger partial charge in [-0.05, 0) is 69.0 Å². The monoisotopic (exact) mass is 604 g/mol. The van der Waals surface area contributed by atoms with Crippen LogP contribution in [0.15, 0.2) is 34.0 Å². The maximum absolute atomic E-state index is 12.5. The summed E-state index contributed by atoms with van der Waals surface area (Å²) in [6.07, 6.45) is 0.597. The molecule has 2 N–H and O–H groups in total. The van der Waals surface area contributed by atoms with Crippen molar-refractivity contribution in [3.63, 3.8) is 0 Å². The van der Waals surface area contributed by atoms with Gasteiger partial charge in [0, 0.05) is 17.0 Å². The highest BCUT2D eigenvalue weighted by atomic mass is 32.9. The summed E-state index contributed by atoms with van der Waals surface area (Å²) < 4.78 is 26.7. The maximum atomic E-state index is 12.5. The fraction of sp³-hybridized carbons (Fsp3) is 0.760. The first-order valence-corrected chi connectivity index (χ1v) is 20.0. The molecule has 0 aromatic carbocycles. The number of aliphatic hydroxyl groups is 1. The van der Waals surface area contributed by atoms with Crippen LogP contribution in [0.4, 0.5) is 0 Å². The number of fused-ring (bicyclic) bond motifs is 1. The molecule has 9 nitrogen and oxygen atoms in total. The molecule has 2 aliphatic heterocycles. The van der Waals surface area contributed by atoms with Crippen molar-refractivity contribution in [3.8, 4) is 0 Å². The average molecular weight is 605 g/mol. The van der Waals surface area contributed by atoms with E-state index in [0.29, 0.717) is 5.92 Å². The van der Waals surface area contributed by atoms with Crippen molar-refractivity contribution in [2.75, 3.05) is 6.61 Å². The number of allylic oxidation sites excluding steroid dienone is 1.